The minimum Gasteiger partial charge on any atom is -0.487 e. The van der Waals surface area contributed by atoms with E-state index < -0.39 is 0 Å². The summed E-state index contributed by atoms with van der Waals surface area (Å²) in [6.07, 6.45) is 2.31. The van der Waals surface area contributed by atoms with Gasteiger partial charge in [0.25, 0.3) is 0 Å². The Hall–Kier alpha value is -1.99. The lowest BCUT2D eigenvalue weighted by Crippen LogP contribution is -2.28. The molecule has 1 saturated heterocycles. The fourth-order valence-electron chi connectivity index (χ4n) is 2.32. The van der Waals surface area contributed by atoms with Crippen molar-refractivity contribution in [1.29, 1.82) is 5.26 Å². The molecule has 0 radical (unpaired) electrons. The van der Waals surface area contributed by atoms with Crippen LogP contribution in [0.25, 0.3) is 11.0 Å². The topological polar surface area (TPSA) is 58.2 Å². The molecule has 2 aromatic rings. The zero-order valence-electron chi connectivity index (χ0n) is 9.98. The van der Waals surface area contributed by atoms with E-state index in [9.17, 15) is 0 Å². The smallest absolute Gasteiger partial charge is 0.246 e. The lowest BCUT2D eigenvalue weighted by Gasteiger charge is -2.11. The molecule has 0 saturated carbocycles. The molecule has 2 heterocycles. The molecule has 4 heteroatoms. The molecule has 1 atom stereocenters. The largest absolute Gasteiger partial charge is 0.487 e. The summed E-state index contributed by atoms with van der Waals surface area (Å²) in [6.45, 7) is 1.63. The van der Waals surface area contributed by atoms with Crippen molar-refractivity contribution in [2.24, 2.45) is 0 Å². The van der Waals surface area contributed by atoms with Gasteiger partial charge in [0.05, 0.1) is 5.39 Å². The van der Waals surface area contributed by atoms with Gasteiger partial charge in [-0.25, -0.2) is 0 Å². The fourth-order valence-corrected chi connectivity index (χ4v) is 2.32. The summed E-state index contributed by atoms with van der Waals surface area (Å²) in [6, 6.07) is 9.99. The summed E-state index contributed by atoms with van der Waals surface area (Å²) >= 11 is 0. The molecular weight excluding hydrogens is 228 g/mol. The molecule has 92 valence electrons. The lowest BCUT2D eigenvalue weighted by atomic mass is 10.2. The van der Waals surface area contributed by atoms with Crippen molar-refractivity contribution in [3.05, 3.63) is 30.0 Å². The molecular formula is C14H14N2O2. The number of hydrogen-bond donors (Lipinski definition) is 1. The number of nitrogens with zero attached hydrogens (tertiary/aromatic N) is 1. The molecule has 1 aromatic carbocycles. The van der Waals surface area contributed by atoms with Crippen LogP contribution >= 0.6 is 0 Å². The average molecular weight is 242 g/mol. The molecule has 0 aliphatic carbocycles. The van der Waals surface area contributed by atoms with Crippen molar-refractivity contribution < 1.29 is 9.15 Å². The number of nitrogens with one attached hydrogen (secondary N) is 1. The summed E-state index contributed by atoms with van der Waals surface area (Å²) in [5.41, 5.74) is 0.698. The van der Waals surface area contributed by atoms with Gasteiger partial charge in [0, 0.05) is 6.04 Å². The third kappa shape index (κ3) is 1.93. The lowest BCUT2D eigenvalue weighted by molar-refractivity contribution is 0.275. The van der Waals surface area contributed by atoms with Crippen molar-refractivity contribution in [3.63, 3.8) is 0 Å². The van der Waals surface area contributed by atoms with Crippen molar-refractivity contribution in [2.45, 2.75) is 18.9 Å². The van der Waals surface area contributed by atoms with Gasteiger partial charge in [-0.05, 0) is 31.5 Å². The van der Waals surface area contributed by atoms with Gasteiger partial charge >= 0.3 is 0 Å². The van der Waals surface area contributed by atoms with E-state index in [-0.39, 0.29) is 5.76 Å². The number of rotatable bonds is 3. The standard InChI is InChI=1S/C14H14N2O2/c15-8-13-14(17-9-10-4-3-7-16-10)11-5-1-2-6-12(11)18-13/h1-2,5-6,10,16H,3-4,7,9H2/t10-/m0/s1. The van der Waals surface area contributed by atoms with Crippen LogP contribution < -0.4 is 10.1 Å². The Morgan fingerprint density at radius 3 is 3.11 bits per heavy atom. The summed E-state index contributed by atoms with van der Waals surface area (Å²) in [5, 5.41) is 13.3. The Morgan fingerprint density at radius 1 is 1.44 bits per heavy atom. The SMILES string of the molecule is N#Cc1oc2ccccc2c1OC[C@@H]1CCCN1. The highest BCUT2D eigenvalue weighted by Crippen LogP contribution is 2.32. The van der Waals surface area contributed by atoms with E-state index in [1.807, 2.05) is 30.3 Å². The van der Waals surface area contributed by atoms with Crippen LogP contribution in [0.4, 0.5) is 0 Å². The van der Waals surface area contributed by atoms with Crippen LogP contribution in [0.5, 0.6) is 5.75 Å². The first-order valence-electron chi connectivity index (χ1n) is 6.16. The Kier molecular flexibility index (Phi) is 2.91. The highest BCUT2D eigenvalue weighted by Gasteiger charge is 2.19. The predicted octanol–water partition coefficient (Wildman–Crippen LogP) is 2.44. The van der Waals surface area contributed by atoms with E-state index in [0.29, 0.717) is 24.0 Å². The zero-order chi connectivity index (χ0) is 12.4. The van der Waals surface area contributed by atoms with E-state index in [4.69, 9.17) is 14.4 Å². The van der Waals surface area contributed by atoms with Crippen molar-refractivity contribution >= 4 is 11.0 Å². The molecule has 3 rings (SSSR count). The second-order valence-electron chi connectivity index (χ2n) is 4.47. The van der Waals surface area contributed by atoms with Crippen molar-refractivity contribution in [1.82, 2.24) is 5.32 Å². The molecule has 1 aliphatic rings. The van der Waals surface area contributed by atoms with Crippen molar-refractivity contribution in [3.8, 4) is 11.8 Å². The quantitative estimate of drug-likeness (QED) is 0.898. The Morgan fingerprint density at radius 2 is 2.33 bits per heavy atom. The normalized spacial score (nSPS) is 18.9. The van der Waals surface area contributed by atoms with Gasteiger partial charge in [-0.2, -0.15) is 5.26 Å². The first kappa shape index (κ1) is 11.1. The first-order chi connectivity index (χ1) is 8.88. The average Bonchev–Trinajstić information content (AvgIpc) is 3.03. The predicted molar refractivity (Wildman–Crippen MR) is 67.4 cm³/mol. The molecule has 0 spiro atoms. The van der Waals surface area contributed by atoms with Crippen LogP contribution in [0.1, 0.15) is 18.6 Å². The molecule has 0 unspecified atom stereocenters. The van der Waals surface area contributed by atoms with Crippen LogP contribution in [0.2, 0.25) is 0 Å². The second kappa shape index (κ2) is 4.71. The van der Waals surface area contributed by atoms with E-state index in [1.165, 1.54) is 6.42 Å². The molecule has 18 heavy (non-hydrogen) atoms. The zero-order valence-corrected chi connectivity index (χ0v) is 9.98. The van der Waals surface area contributed by atoms with Gasteiger partial charge in [0.15, 0.2) is 5.75 Å². The van der Waals surface area contributed by atoms with E-state index in [2.05, 4.69) is 5.32 Å². The number of ether oxygens (including phenoxy) is 1. The number of hydrogen-bond acceptors (Lipinski definition) is 4. The summed E-state index contributed by atoms with van der Waals surface area (Å²) < 4.78 is 11.2. The van der Waals surface area contributed by atoms with E-state index in [1.54, 1.807) is 0 Å². The molecule has 1 aromatic heterocycles. The van der Waals surface area contributed by atoms with Crippen LogP contribution in [-0.4, -0.2) is 19.2 Å². The first-order valence-corrected chi connectivity index (χ1v) is 6.16. The van der Waals surface area contributed by atoms with E-state index >= 15 is 0 Å². The number of nitriles is 1. The van der Waals surface area contributed by atoms with Crippen LogP contribution in [0.15, 0.2) is 28.7 Å². The molecule has 1 N–H and O–H groups in total. The minimum atomic E-state index is 0.259. The number of furan rings is 1. The van der Waals surface area contributed by atoms with E-state index in [0.717, 1.165) is 18.4 Å². The highest BCUT2D eigenvalue weighted by molar-refractivity contribution is 5.86. The maximum Gasteiger partial charge on any atom is 0.246 e. The summed E-state index contributed by atoms with van der Waals surface area (Å²) in [7, 11) is 0. The Labute approximate surface area is 105 Å². The fraction of sp³-hybridized carbons (Fsp3) is 0.357. The highest BCUT2D eigenvalue weighted by atomic mass is 16.5. The minimum absolute atomic E-state index is 0.259. The molecule has 1 aliphatic heterocycles. The van der Waals surface area contributed by atoms with Gasteiger partial charge in [-0.1, -0.05) is 12.1 Å². The Balaban J connectivity index is 1.87. The second-order valence-corrected chi connectivity index (χ2v) is 4.47. The maximum absolute atomic E-state index is 9.07. The maximum atomic E-state index is 9.07. The van der Waals surface area contributed by atoms with Gasteiger partial charge < -0.3 is 14.5 Å². The van der Waals surface area contributed by atoms with Crippen LogP contribution in [0.3, 0.4) is 0 Å². The van der Waals surface area contributed by atoms with Gasteiger partial charge in [-0.3, -0.25) is 0 Å². The van der Waals surface area contributed by atoms with Crippen LogP contribution in [-0.2, 0) is 0 Å². The number of benzene rings is 1. The van der Waals surface area contributed by atoms with Crippen molar-refractivity contribution in [2.75, 3.05) is 13.2 Å². The third-order valence-corrected chi connectivity index (χ3v) is 3.24. The van der Waals surface area contributed by atoms with Gasteiger partial charge in [0.2, 0.25) is 5.76 Å². The van der Waals surface area contributed by atoms with Crippen LogP contribution in [0, 0.1) is 11.3 Å². The monoisotopic (exact) mass is 242 g/mol. The molecule has 1 fully saturated rings. The Bertz CT molecular complexity index is 591. The third-order valence-electron chi connectivity index (χ3n) is 3.24. The number of para-hydroxylation sites is 1. The summed E-state index contributed by atoms with van der Waals surface area (Å²) in [5.74, 6) is 0.830. The molecule has 4 nitrogen and oxygen atoms in total. The number of fused-ring (bicyclic) bond motifs is 1. The summed E-state index contributed by atoms with van der Waals surface area (Å²) in [4.78, 5) is 0. The molecule has 0 bridgehead atoms. The van der Waals surface area contributed by atoms with Gasteiger partial charge in [-0.15, -0.1) is 0 Å². The van der Waals surface area contributed by atoms with Gasteiger partial charge in [0.1, 0.15) is 18.3 Å². The molecule has 0 amide bonds.